The van der Waals surface area contributed by atoms with Gasteiger partial charge in [-0.15, -0.1) is 0 Å². The molecule has 0 bridgehead atoms. The Morgan fingerprint density at radius 3 is 1.50 bits per heavy atom. The molecule has 0 unspecified atom stereocenters. The van der Waals surface area contributed by atoms with Gasteiger partial charge in [-0.3, -0.25) is 0 Å². The second-order valence-electron chi connectivity index (χ2n) is 0.803. The topological polar surface area (TPSA) is 37.3 Å². The molecule has 0 aliphatic carbocycles. The maximum atomic E-state index is 10.6. The fraction of sp³-hybridized carbons (Fsp3) is 0.500. The monoisotopic (exact) mass is 216 g/mol. The molecule has 0 spiro atoms. The van der Waals surface area contributed by atoms with Gasteiger partial charge >= 0.3 is 12.1 Å². The summed E-state index contributed by atoms with van der Waals surface area (Å²) in [7, 11) is 0. The first-order valence-electron chi connectivity index (χ1n) is 1.24. The third-order valence-corrected chi connectivity index (χ3v) is 0.243. The minimum atomic E-state index is -5.08. The van der Waals surface area contributed by atoms with Crippen LogP contribution in [-0.2, 0) is 24.3 Å². The Labute approximate surface area is 55.4 Å². The van der Waals surface area contributed by atoms with Crippen LogP contribution in [0.3, 0.4) is 0 Å². The van der Waals surface area contributed by atoms with E-state index < -0.39 is 12.1 Å². The maximum Gasteiger partial charge on any atom is 0.490 e. The van der Waals surface area contributed by atoms with Crippen molar-refractivity contribution in [1.82, 2.24) is 0 Å². The molecule has 2 nitrogen and oxygen atoms in total. The summed E-state index contributed by atoms with van der Waals surface area (Å²) >= 11 is 0. The summed E-state index contributed by atoms with van der Waals surface area (Å²) in [5.74, 6) is -2.76. The van der Waals surface area contributed by atoms with E-state index in [9.17, 15) is 13.2 Å². The minimum Gasteiger partial charge on any atom is -0.475 e. The molecule has 0 aromatic carbocycles. The van der Waals surface area contributed by atoms with Gasteiger partial charge in [0.1, 0.15) is 0 Å². The summed E-state index contributed by atoms with van der Waals surface area (Å²) < 4.78 is 31.7. The Bertz CT molecular complexity index is 87.8. The number of hydrogen-bond donors (Lipinski definition) is 1. The summed E-state index contributed by atoms with van der Waals surface area (Å²) in [5.41, 5.74) is 0. The van der Waals surface area contributed by atoms with Crippen LogP contribution in [0.15, 0.2) is 0 Å². The van der Waals surface area contributed by atoms with Gasteiger partial charge in [-0.1, -0.05) is 0 Å². The number of carbonyl (C=O) groups is 1. The SMILES string of the molecule is O=C(O)C(F)(F)F.[Ru]. The molecule has 0 saturated heterocycles. The van der Waals surface area contributed by atoms with Crippen molar-refractivity contribution in [2.45, 2.75) is 6.18 Å². The van der Waals surface area contributed by atoms with Crippen molar-refractivity contribution < 1.29 is 42.6 Å². The Balaban J connectivity index is 0. The molecule has 6 heteroatoms. The molecule has 0 fully saturated rings. The fourth-order valence-corrected chi connectivity index (χ4v) is 0. The third-order valence-electron chi connectivity index (χ3n) is 0.243. The normalized spacial score (nSPS) is 9.88. The summed E-state index contributed by atoms with van der Waals surface area (Å²) in [6, 6.07) is 0. The van der Waals surface area contributed by atoms with E-state index in [1.54, 1.807) is 0 Å². The second kappa shape index (κ2) is 3.02. The second-order valence-corrected chi connectivity index (χ2v) is 0.803. The number of aliphatic carboxylic acids is 1. The first kappa shape index (κ1) is 10.8. The zero-order valence-electron chi connectivity index (χ0n) is 3.34. The van der Waals surface area contributed by atoms with E-state index in [2.05, 4.69) is 0 Å². The summed E-state index contributed by atoms with van der Waals surface area (Å²) in [6.07, 6.45) is -5.08. The molecular formula is C2HF3O2Ru. The predicted molar refractivity (Wildman–Crippen MR) is 13.7 cm³/mol. The van der Waals surface area contributed by atoms with Crippen LogP contribution in [0, 0.1) is 0 Å². The van der Waals surface area contributed by atoms with E-state index in [1.165, 1.54) is 0 Å². The van der Waals surface area contributed by atoms with Gasteiger partial charge in [0.2, 0.25) is 0 Å². The Hall–Kier alpha value is -0.117. The summed E-state index contributed by atoms with van der Waals surface area (Å²) in [4.78, 5) is 8.90. The largest absolute Gasteiger partial charge is 0.490 e. The van der Waals surface area contributed by atoms with Crippen LogP contribution in [0.1, 0.15) is 0 Å². The van der Waals surface area contributed by atoms with Crippen molar-refractivity contribution in [2.24, 2.45) is 0 Å². The van der Waals surface area contributed by atoms with Gasteiger partial charge < -0.3 is 5.11 Å². The fourth-order valence-electron chi connectivity index (χ4n) is 0. The van der Waals surface area contributed by atoms with Crippen molar-refractivity contribution >= 4 is 5.97 Å². The summed E-state index contributed by atoms with van der Waals surface area (Å²) in [5, 5.41) is 7.12. The van der Waals surface area contributed by atoms with Crippen molar-refractivity contribution in [1.29, 1.82) is 0 Å². The number of halogens is 3. The van der Waals surface area contributed by atoms with Gasteiger partial charge in [0.05, 0.1) is 0 Å². The maximum absolute atomic E-state index is 10.6. The zero-order chi connectivity index (χ0) is 6.08. The number of hydrogen-bond acceptors (Lipinski definition) is 1. The predicted octanol–water partition coefficient (Wildman–Crippen LogP) is 0.631. The van der Waals surface area contributed by atoms with Crippen molar-refractivity contribution in [2.75, 3.05) is 0 Å². The molecule has 0 amide bonds. The molecule has 0 rings (SSSR count). The molecule has 50 valence electrons. The number of rotatable bonds is 0. The van der Waals surface area contributed by atoms with Crippen LogP contribution in [0.2, 0.25) is 0 Å². The molecule has 0 aromatic heterocycles. The van der Waals surface area contributed by atoms with Crippen LogP contribution in [0.5, 0.6) is 0 Å². The first-order chi connectivity index (χ1) is 2.94. The van der Waals surface area contributed by atoms with Gasteiger partial charge in [-0.2, -0.15) is 13.2 Å². The van der Waals surface area contributed by atoms with Crippen LogP contribution >= 0.6 is 0 Å². The summed E-state index contributed by atoms with van der Waals surface area (Å²) in [6.45, 7) is 0. The molecule has 0 aromatic rings. The van der Waals surface area contributed by atoms with Crippen molar-refractivity contribution in [3.63, 3.8) is 0 Å². The van der Waals surface area contributed by atoms with Gasteiger partial charge in [0.15, 0.2) is 0 Å². The van der Waals surface area contributed by atoms with E-state index in [0.29, 0.717) is 0 Å². The zero-order valence-corrected chi connectivity index (χ0v) is 5.08. The smallest absolute Gasteiger partial charge is 0.475 e. The van der Waals surface area contributed by atoms with Crippen LogP contribution in [0.25, 0.3) is 0 Å². The van der Waals surface area contributed by atoms with Crippen LogP contribution < -0.4 is 0 Å². The molecule has 0 atom stereocenters. The van der Waals surface area contributed by atoms with Crippen molar-refractivity contribution in [3.8, 4) is 0 Å². The standard InChI is InChI=1S/C2HF3O2.Ru/c3-2(4,5)1(6)7;/h(H,6,7);. The average Bonchev–Trinajstić information content (AvgIpc) is 1.31. The quantitative estimate of drug-likeness (QED) is 0.602. The average molecular weight is 215 g/mol. The van der Waals surface area contributed by atoms with E-state index in [0.717, 1.165) is 0 Å². The number of carboxylic acid groups (broad SMARTS) is 1. The Morgan fingerprint density at radius 1 is 1.38 bits per heavy atom. The van der Waals surface area contributed by atoms with E-state index in [-0.39, 0.29) is 19.5 Å². The van der Waals surface area contributed by atoms with Gasteiger partial charge in [-0.05, 0) is 0 Å². The third kappa shape index (κ3) is 4.05. The number of carboxylic acids is 1. The van der Waals surface area contributed by atoms with Crippen LogP contribution in [-0.4, -0.2) is 17.3 Å². The molecule has 0 aliphatic heterocycles. The molecule has 0 radical (unpaired) electrons. The van der Waals surface area contributed by atoms with Gasteiger partial charge in [0.25, 0.3) is 0 Å². The molecule has 8 heavy (non-hydrogen) atoms. The molecule has 0 heterocycles. The van der Waals surface area contributed by atoms with E-state index in [4.69, 9.17) is 9.90 Å². The van der Waals surface area contributed by atoms with E-state index >= 15 is 0 Å². The molecule has 0 saturated carbocycles. The molecule has 1 N–H and O–H groups in total. The van der Waals surface area contributed by atoms with Crippen molar-refractivity contribution in [3.05, 3.63) is 0 Å². The number of alkyl halides is 3. The van der Waals surface area contributed by atoms with Crippen LogP contribution in [0.4, 0.5) is 13.2 Å². The molecule has 0 aliphatic rings. The minimum absolute atomic E-state index is 0. The molecular weight excluding hydrogens is 214 g/mol. The van der Waals surface area contributed by atoms with Gasteiger partial charge in [0, 0.05) is 19.5 Å². The Morgan fingerprint density at radius 2 is 1.50 bits per heavy atom. The Kier molecular flexibility index (Phi) is 4.07. The first-order valence-corrected chi connectivity index (χ1v) is 1.24. The van der Waals surface area contributed by atoms with E-state index in [1.807, 2.05) is 0 Å². The van der Waals surface area contributed by atoms with Gasteiger partial charge in [-0.25, -0.2) is 4.79 Å².